The minimum absolute atomic E-state index is 0.517. The molecule has 6 heteroatoms. The number of hydrogen-bond acceptors (Lipinski definition) is 5. The Bertz CT molecular complexity index is 509. The first-order chi connectivity index (χ1) is 8.72. The third kappa shape index (κ3) is 3.10. The number of thiophene rings is 1. The number of rotatable bonds is 6. The highest BCUT2D eigenvalue weighted by atomic mass is 35.5. The van der Waals surface area contributed by atoms with Crippen molar-refractivity contribution in [3.05, 3.63) is 21.9 Å². The molecule has 2 heterocycles. The highest BCUT2D eigenvalue weighted by Gasteiger charge is 2.15. The Morgan fingerprint density at radius 2 is 2.22 bits per heavy atom. The van der Waals surface area contributed by atoms with Crippen molar-refractivity contribution >= 4 is 22.9 Å². The molecule has 2 aromatic heterocycles. The molecule has 98 valence electrons. The van der Waals surface area contributed by atoms with Crippen molar-refractivity contribution in [2.75, 3.05) is 13.1 Å². The van der Waals surface area contributed by atoms with E-state index in [2.05, 4.69) is 22.4 Å². The Morgan fingerprint density at radius 1 is 1.39 bits per heavy atom. The molecule has 0 fully saturated rings. The molecule has 0 unspecified atom stereocenters. The molecule has 0 aromatic carbocycles. The maximum absolute atomic E-state index is 6.17. The van der Waals surface area contributed by atoms with Crippen molar-refractivity contribution < 1.29 is 4.42 Å². The minimum atomic E-state index is 0.517. The van der Waals surface area contributed by atoms with E-state index in [9.17, 15) is 0 Å². The summed E-state index contributed by atoms with van der Waals surface area (Å²) in [5.41, 5.74) is 1.04. The van der Waals surface area contributed by atoms with Gasteiger partial charge in [-0.1, -0.05) is 18.5 Å². The van der Waals surface area contributed by atoms with Gasteiger partial charge >= 0.3 is 0 Å². The number of nitrogens with one attached hydrogen (secondary N) is 1. The van der Waals surface area contributed by atoms with Gasteiger partial charge in [0.1, 0.15) is 4.88 Å². The van der Waals surface area contributed by atoms with E-state index in [0.717, 1.165) is 36.4 Å². The van der Waals surface area contributed by atoms with E-state index in [-0.39, 0.29) is 0 Å². The third-order valence-electron chi connectivity index (χ3n) is 2.50. The van der Waals surface area contributed by atoms with Crippen molar-refractivity contribution in [3.8, 4) is 10.8 Å². The second kappa shape index (κ2) is 6.31. The van der Waals surface area contributed by atoms with Crippen LogP contribution in [0, 0.1) is 6.92 Å². The van der Waals surface area contributed by atoms with Gasteiger partial charge in [-0.25, -0.2) is 0 Å². The van der Waals surface area contributed by atoms with Gasteiger partial charge in [0.2, 0.25) is 5.89 Å². The lowest BCUT2D eigenvalue weighted by molar-refractivity contribution is 0.495. The van der Waals surface area contributed by atoms with Gasteiger partial charge < -0.3 is 9.73 Å². The van der Waals surface area contributed by atoms with E-state index in [1.165, 1.54) is 11.3 Å². The average Bonchev–Trinajstić information content (AvgIpc) is 2.94. The first-order valence-electron chi connectivity index (χ1n) is 5.99. The zero-order valence-electron chi connectivity index (χ0n) is 10.5. The first-order valence-corrected chi connectivity index (χ1v) is 7.25. The van der Waals surface area contributed by atoms with Crippen LogP contribution in [0.25, 0.3) is 10.8 Å². The maximum atomic E-state index is 6.17. The summed E-state index contributed by atoms with van der Waals surface area (Å²) < 4.78 is 5.61. The predicted molar refractivity (Wildman–Crippen MR) is 74.2 cm³/mol. The van der Waals surface area contributed by atoms with Gasteiger partial charge in [0, 0.05) is 13.0 Å². The number of nitrogens with zero attached hydrogens (tertiary/aromatic N) is 2. The highest BCUT2D eigenvalue weighted by Crippen LogP contribution is 2.35. The quantitative estimate of drug-likeness (QED) is 0.828. The molecule has 0 aliphatic rings. The lowest BCUT2D eigenvalue weighted by atomic mass is 10.3. The molecule has 0 bridgehead atoms. The van der Waals surface area contributed by atoms with Crippen molar-refractivity contribution in [3.63, 3.8) is 0 Å². The minimum Gasteiger partial charge on any atom is -0.420 e. The van der Waals surface area contributed by atoms with Gasteiger partial charge in [-0.3, -0.25) is 0 Å². The lowest BCUT2D eigenvalue weighted by Gasteiger charge is -1.98. The van der Waals surface area contributed by atoms with Gasteiger partial charge in [0.05, 0.1) is 5.02 Å². The fraction of sp³-hybridized carbons (Fsp3) is 0.500. The van der Waals surface area contributed by atoms with Crippen molar-refractivity contribution in [2.24, 2.45) is 0 Å². The van der Waals surface area contributed by atoms with E-state index in [1.807, 2.05) is 12.3 Å². The Morgan fingerprint density at radius 3 is 2.89 bits per heavy atom. The molecule has 0 amide bonds. The van der Waals surface area contributed by atoms with Crippen molar-refractivity contribution in [2.45, 2.75) is 26.7 Å². The van der Waals surface area contributed by atoms with Crippen LogP contribution in [0.4, 0.5) is 0 Å². The monoisotopic (exact) mass is 285 g/mol. The molecule has 0 radical (unpaired) electrons. The molecule has 0 saturated carbocycles. The van der Waals surface area contributed by atoms with E-state index < -0.39 is 0 Å². The second-order valence-corrected chi connectivity index (χ2v) is 5.32. The fourth-order valence-electron chi connectivity index (χ4n) is 1.52. The predicted octanol–water partition coefficient (Wildman–Crippen LogP) is 3.30. The molecule has 2 rings (SSSR count). The topological polar surface area (TPSA) is 51.0 Å². The van der Waals surface area contributed by atoms with E-state index >= 15 is 0 Å². The van der Waals surface area contributed by atoms with Crippen LogP contribution in [0.15, 0.2) is 9.80 Å². The number of hydrogen-bond donors (Lipinski definition) is 1. The summed E-state index contributed by atoms with van der Waals surface area (Å²) in [4.78, 5) is 0.856. The van der Waals surface area contributed by atoms with E-state index in [1.54, 1.807) is 0 Å². The first kappa shape index (κ1) is 13.5. The second-order valence-electron chi connectivity index (χ2n) is 4.06. The molecule has 0 spiro atoms. The molecule has 1 N–H and O–H groups in total. The molecule has 0 aliphatic carbocycles. The van der Waals surface area contributed by atoms with Crippen LogP contribution >= 0.6 is 22.9 Å². The molecule has 2 aromatic rings. The van der Waals surface area contributed by atoms with Gasteiger partial charge in [0.15, 0.2) is 0 Å². The van der Waals surface area contributed by atoms with Gasteiger partial charge in [-0.2, -0.15) is 0 Å². The molecule has 4 nitrogen and oxygen atoms in total. The summed E-state index contributed by atoms with van der Waals surface area (Å²) >= 11 is 7.70. The van der Waals surface area contributed by atoms with Crippen LogP contribution in [-0.2, 0) is 6.42 Å². The summed E-state index contributed by atoms with van der Waals surface area (Å²) in [6, 6.07) is 0. The van der Waals surface area contributed by atoms with Crippen LogP contribution in [0.5, 0.6) is 0 Å². The SMILES string of the molecule is CCCNCCc1nnc(-c2scc(C)c2Cl)o1. The third-order valence-corrected chi connectivity index (χ3v) is 4.19. The molecule has 0 saturated heterocycles. The number of halogens is 1. The summed E-state index contributed by atoms with van der Waals surface area (Å²) in [5, 5.41) is 14.1. The lowest BCUT2D eigenvalue weighted by Crippen LogP contribution is -2.17. The molecule has 0 aliphatic heterocycles. The van der Waals surface area contributed by atoms with Crippen LogP contribution in [0.1, 0.15) is 24.8 Å². The average molecular weight is 286 g/mol. The fourth-order valence-corrected chi connectivity index (χ4v) is 2.71. The highest BCUT2D eigenvalue weighted by molar-refractivity contribution is 7.14. The van der Waals surface area contributed by atoms with E-state index in [0.29, 0.717) is 16.8 Å². The summed E-state index contributed by atoms with van der Waals surface area (Å²) in [7, 11) is 0. The summed E-state index contributed by atoms with van der Waals surface area (Å²) in [6.45, 7) is 5.97. The summed E-state index contributed by atoms with van der Waals surface area (Å²) in [6.07, 6.45) is 1.87. The Hall–Kier alpha value is -0.910. The van der Waals surface area contributed by atoms with Crippen LogP contribution in [0.3, 0.4) is 0 Å². The molecule has 0 atom stereocenters. The van der Waals surface area contributed by atoms with Gasteiger partial charge in [-0.15, -0.1) is 21.5 Å². The van der Waals surface area contributed by atoms with Crippen molar-refractivity contribution in [1.82, 2.24) is 15.5 Å². The van der Waals surface area contributed by atoms with E-state index in [4.69, 9.17) is 16.0 Å². The van der Waals surface area contributed by atoms with Crippen LogP contribution < -0.4 is 5.32 Å². The maximum Gasteiger partial charge on any atom is 0.259 e. The molecular formula is C12H16ClN3OS. The number of aromatic nitrogens is 2. The normalized spacial score (nSPS) is 11.1. The zero-order chi connectivity index (χ0) is 13.0. The summed E-state index contributed by atoms with van der Waals surface area (Å²) in [5.74, 6) is 1.17. The zero-order valence-corrected chi connectivity index (χ0v) is 12.1. The van der Waals surface area contributed by atoms with Gasteiger partial charge in [-0.05, 0) is 30.8 Å². The molecule has 18 heavy (non-hydrogen) atoms. The standard InChI is InChI=1S/C12H16ClN3OS/c1-3-5-14-6-4-9-15-16-12(17-9)11-10(13)8(2)7-18-11/h7,14H,3-6H2,1-2H3. The largest absolute Gasteiger partial charge is 0.420 e. The smallest absolute Gasteiger partial charge is 0.259 e. The van der Waals surface area contributed by atoms with Crippen molar-refractivity contribution in [1.29, 1.82) is 0 Å². The van der Waals surface area contributed by atoms with Crippen LogP contribution in [-0.4, -0.2) is 23.3 Å². The van der Waals surface area contributed by atoms with Gasteiger partial charge in [0.25, 0.3) is 5.89 Å². The van der Waals surface area contributed by atoms with Crippen LogP contribution in [0.2, 0.25) is 5.02 Å². The molecular weight excluding hydrogens is 270 g/mol. The Balaban J connectivity index is 2.00. The number of aryl methyl sites for hydroxylation is 1. The Labute approximate surface area is 115 Å². The Kier molecular flexibility index (Phi) is 4.74.